The molecule has 2 aliphatic heterocycles. The molecule has 9 heteroatoms. The van der Waals surface area contributed by atoms with Crippen LogP contribution in [0.15, 0.2) is 72.8 Å². The van der Waals surface area contributed by atoms with E-state index in [1.54, 1.807) is 66.7 Å². The third-order valence-corrected chi connectivity index (χ3v) is 6.25. The van der Waals surface area contributed by atoms with Crippen molar-refractivity contribution in [2.45, 2.75) is 12.1 Å². The Hall–Kier alpha value is -4.37. The highest BCUT2D eigenvalue weighted by Crippen LogP contribution is 2.50. The number of nitrogens with zero attached hydrogens (tertiary/aromatic N) is 2. The quantitative estimate of drug-likeness (QED) is 0.542. The normalized spacial score (nSPS) is 21.3. The van der Waals surface area contributed by atoms with E-state index in [2.05, 4.69) is 0 Å². The van der Waals surface area contributed by atoms with E-state index in [9.17, 15) is 19.5 Å². The molecule has 2 heterocycles. The molecule has 178 valence electrons. The van der Waals surface area contributed by atoms with Crippen molar-refractivity contribution in [3.63, 3.8) is 0 Å². The lowest BCUT2D eigenvalue weighted by Crippen LogP contribution is -2.37. The van der Waals surface area contributed by atoms with Gasteiger partial charge < -0.3 is 14.6 Å². The molecule has 0 spiro atoms. The van der Waals surface area contributed by atoms with Crippen LogP contribution in [0.25, 0.3) is 0 Å². The SMILES string of the molecule is COc1ccc([C@@H]2[C@H]3C(=O)N(c4ccccc4)C(=O)[C@@H]3ON2c2ccccc2)c(C(=O)O)c1OC. The standard InChI is InChI=1S/C26H22N2O7/c1-33-18-14-13-17(19(26(31)32)22(18)34-2)21-20-23(35-28(21)16-11-7-4-8-12-16)25(30)27(24(20)29)15-9-5-3-6-10-15/h3-14,20-21,23H,1-2H3,(H,31,32)/t20-,21-,23-/m1/s1. The number of carboxylic acids is 1. The number of benzene rings is 3. The van der Waals surface area contributed by atoms with E-state index in [0.29, 0.717) is 11.4 Å². The van der Waals surface area contributed by atoms with Crippen molar-refractivity contribution in [3.8, 4) is 11.5 Å². The largest absolute Gasteiger partial charge is 0.493 e. The molecule has 2 saturated heterocycles. The molecular formula is C26H22N2O7. The highest BCUT2D eigenvalue weighted by Gasteiger charge is 2.61. The van der Waals surface area contributed by atoms with Crippen molar-refractivity contribution >= 4 is 29.2 Å². The van der Waals surface area contributed by atoms with Crippen LogP contribution >= 0.6 is 0 Å². The van der Waals surface area contributed by atoms with E-state index < -0.39 is 35.8 Å². The van der Waals surface area contributed by atoms with E-state index in [0.717, 1.165) is 4.90 Å². The number of para-hydroxylation sites is 2. The maximum Gasteiger partial charge on any atom is 0.339 e. The minimum atomic E-state index is -1.26. The third kappa shape index (κ3) is 3.48. The molecule has 5 rings (SSSR count). The van der Waals surface area contributed by atoms with Crippen LogP contribution in [0.4, 0.5) is 11.4 Å². The van der Waals surface area contributed by atoms with Crippen molar-refractivity contribution in [3.05, 3.63) is 83.9 Å². The first-order chi connectivity index (χ1) is 17.0. The highest BCUT2D eigenvalue weighted by molar-refractivity contribution is 6.24. The monoisotopic (exact) mass is 474 g/mol. The second-order valence-corrected chi connectivity index (χ2v) is 8.08. The number of hydrogen-bond donors (Lipinski definition) is 1. The van der Waals surface area contributed by atoms with Gasteiger partial charge in [-0.15, -0.1) is 0 Å². The van der Waals surface area contributed by atoms with Crippen molar-refractivity contribution in [2.75, 3.05) is 24.2 Å². The minimum Gasteiger partial charge on any atom is -0.493 e. The lowest BCUT2D eigenvalue weighted by Gasteiger charge is -2.30. The van der Waals surface area contributed by atoms with E-state index in [4.69, 9.17) is 14.3 Å². The van der Waals surface area contributed by atoms with Gasteiger partial charge in [-0.25, -0.2) is 14.8 Å². The topological polar surface area (TPSA) is 106 Å². The zero-order chi connectivity index (χ0) is 24.7. The molecule has 0 aromatic heterocycles. The fourth-order valence-electron chi connectivity index (χ4n) is 4.77. The predicted octanol–water partition coefficient (Wildman–Crippen LogP) is 3.45. The Morgan fingerprint density at radius 2 is 1.49 bits per heavy atom. The Morgan fingerprint density at radius 3 is 2.06 bits per heavy atom. The zero-order valence-electron chi connectivity index (χ0n) is 19.0. The number of carbonyl (C=O) groups excluding carboxylic acids is 2. The summed E-state index contributed by atoms with van der Waals surface area (Å²) in [5, 5.41) is 11.6. The Bertz CT molecular complexity index is 1300. The number of ether oxygens (including phenoxy) is 2. The Morgan fingerprint density at radius 1 is 0.857 bits per heavy atom. The summed E-state index contributed by atoms with van der Waals surface area (Å²) >= 11 is 0. The lowest BCUT2D eigenvalue weighted by atomic mass is 9.87. The van der Waals surface area contributed by atoms with Gasteiger partial charge in [0.15, 0.2) is 17.6 Å². The van der Waals surface area contributed by atoms with Gasteiger partial charge >= 0.3 is 5.97 Å². The number of rotatable bonds is 6. The molecule has 0 radical (unpaired) electrons. The van der Waals surface area contributed by atoms with E-state index in [1.165, 1.54) is 19.3 Å². The van der Waals surface area contributed by atoms with Gasteiger partial charge in [0.2, 0.25) is 5.91 Å². The van der Waals surface area contributed by atoms with Gasteiger partial charge in [-0.2, -0.15) is 0 Å². The van der Waals surface area contributed by atoms with Gasteiger partial charge in [-0.1, -0.05) is 42.5 Å². The number of hydroxylamine groups is 1. The first-order valence-electron chi connectivity index (χ1n) is 10.9. The molecule has 9 nitrogen and oxygen atoms in total. The highest BCUT2D eigenvalue weighted by atomic mass is 16.7. The number of aromatic carboxylic acids is 1. The van der Waals surface area contributed by atoms with Crippen LogP contribution in [-0.2, 0) is 14.4 Å². The predicted molar refractivity (Wildman–Crippen MR) is 125 cm³/mol. The number of carboxylic acid groups (broad SMARTS) is 1. The number of methoxy groups -OCH3 is 2. The molecule has 3 aromatic carbocycles. The van der Waals surface area contributed by atoms with Crippen molar-refractivity contribution in [1.82, 2.24) is 0 Å². The molecular weight excluding hydrogens is 452 g/mol. The van der Waals surface area contributed by atoms with E-state index in [1.807, 2.05) is 6.07 Å². The van der Waals surface area contributed by atoms with E-state index >= 15 is 0 Å². The summed E-state index contributed by atoms with van der Waals surface area (Å²) in [4.78, 5) is 46.7. The molecule has 3 aromatic rings. The number of carbonyl (C=O) groups is 3. The Labute approximate surface area is 201 Å². The molecule has 0 aliphatic carbocycles. The summed E-state index contributed by atoms with van der Waals surface area (Å²) < 4.78 is 10.7. The zero-order valence-corrected chi connectivity index (χ0v) is 19.0. The fraction of sp³-hybridized carbons (Fsp3) is 0.192. The van der Waals surface area contributed by atoms with Gasteiger partial charge in [0.1, 0.15) is 11.5 Å². The first kappa shape index (κ1) is 22.4. The third-order valence-electron chi connectivity index (χ3n) is 6.25. The second-order valence-electron chi connectivity index (χ2n) is 8.08. The molecule has 0 saturated carbocycles. The molecule has 2 fully saturated rings. The number of fused-ring (bicyclic) bond motifs is 1. The fourth-order valence-corrected chi connectivity index (χ4v) is 4.77. The van der Waals surface area contributed by atoms with Gasteiger partial charge in [0.25, 0.3) is 5.91 Å². The summed E-state index contributed by atoms with van der Waals surface area (Å²) in [5.74, 6) is -2.98. The van der Waals surface area contributed by atoms with E-state index in [-0.39, 0.29) is 22.6 Å². The van der Waals surface area contributed by atoms with Gasteiger partial charge in [-0.05, 0) is 35.9 Å². The molecule has 0 bridgehead atoms. The van der Waals surface area contributed by atoms with Crippen LogP contribution in [0.2, 0.25) is 0 Å². The average molecular weight is 474 g/mol. The molecule has 0 unspecified atom stereocenters. The van der Waals surface area contributed by atoms with Crippen LogP contribution in [0, 0.1) is 5.92 Å². The molecule has 2 aliphatic rings. The van der Waals surface area contributed by atoms with Crippen molar-refractivity contribution in [1.29, 1.82) is 0 Å². The molecule has 2 amide bonds. The van der Waals surface area contributed by atoms with Crippen LogP contribution in [-0.4, -0.2) is 43.2 Å². The second kappa shape index (κ2) is 8.77. The van der Waals surface area contributed by atoms with Crippen molar-refractivity contribution in [2.24, 2.45) is 5.92 Å². The minimum absolute atomic E-state index is 0.0191. The first-order valence-corrected chi connectivity index (χ1v) is 10.9. The van der Waals surface area contributed by atoms with Gasteiger partial charge in [0, 0.05) is 0 Å². The number of hydrogen-bond acceptors (Lipinski definition) is 7. The smallest absolute Gasteiger partial charge is 0.339 e. The van der Waals surface area contributed by atoms with Crippen LogP contribution < -0.4 is 19.4 Å². The maximum atomic E-state index is 13.7. The average Bonchev–Trinajstić information content (AvgIpc) is 3.39. The van der Waals surface area contributed by atoms with Crippen LogP contribution in [0.5, 0.6) is 11.5 Å². The number of amides is 2. The van der Waals surface area contributed by atoms with Gasteiger partial charge in [0.05, 0.1) is 31.6 Å². The number of imide groups is 1. The van der Waals surface area contributed by atoms with Gasteiger partial charge in [-0.3, -0.25) is 14.4 Å². The summed E-state index contributed by atoms with van der Waals surface area (Å²) in [6, 6.07) is 19.7. The molecule has 35 heavy (non-hydrogen) atoms. The summed E-state index contributed by atoms with van der Waals surface area (Å²) in [6.07, 6.45) is -1.12. The maximum absolute atomic E-state index is 13.7. The van der Waals surface area contributed by atoms with Crippen LogP contribution in [0.3, 0.4) is 0 Å². The van der Waals surface area contributed by atoms with Crippen LogP contribution in [0.1, 0.15) is 22.0 Å². The lowest BCUT2D eigenvalue weighted by molar-refractivity contribution is -0.126. The summed E-state index contributed by atoms with van der Waals surface area (Å²) in [6.45, 7) is 0. The number of anilines is 2. The molecule has 1 N–H and O–H groups in total. The summed E-state index contributed by atoms with van der Waals surface area (Å²) in [7, 11) is 2.75. The molecule has 3 atom stereocenters. The Kier molecular flexibility index (Phi) is 5.62. The Balaban J connectivity index is 1.70. The van der Waals surface area contributed by atoms with Crippen molar-refractivity contribution < 1.29 is 33.8 Å². The summed E-state index contributed by atoms with van der Waals surface area (Å²) in [5.41, 5.74) is 1.10.